The van der Waals surface area contributed by atoms with Crippen LogP contribution in [0, 0.1) is 6.92 Å². The number of hydrogen-bond donors (Lipinski definition) is 3. The zero-order valence-corrected chi connectivity index (χ0v) is 15.3. The number of nitrogens with two attached hydrogens (primary N) is 1. The molecule has 0 radical (unpaired) electrons. The summed E-state index contributed by atoms with van der Waals surface area (Å²) in [6.07, 6.45) is 1.74. The van der Waals surface area contributed by atoms with Crippen molar-refractivity contribution in [2.75, 3.05) is 5.73 Å². The highest BCUT2D eigenvalue weighted by Gasteiger charge is 2.21. The number of aliphatic carboxylic acids is 1. The third-order valence-corrected chi connectivity index (χ3v) is 4.89. The number of carbonyl (C=O) groups is 2. The molecule has 1 aromatic carbocycles. The van der Waals surface area contributed by atoms with Crippen molar-refractivity contribution in [1.29, 1.82) is 0 Å². The summed E-state index contributed by atoms with van der Waals surface area (Å²) in [5.74, 6) is -1.63. The van der Waals surface area contributed by atoms with Crippen LogP contribution >= 0.6 is 0 Å². The molecule has 9 nitrogen and oxygen atoms in total. The Hall–Kier alpha value is -4.14. The van der Waals surface area contributed by atoms with Crippen molar-refractivity contribution in [1.82, 2.24) is 14.0 Å². The van der Waals surface area contributed by atoms with Gasteiger partial charge < -0.3 is 20.2 Å². The second-order valence-electron chi connectivity index (χ2n) is 6.65. The summed E-state index contributed by atoms with van der Waals surface area (Å²) >= 11 is 0. The molecule has 0 amide bonds. The number of rotatable bonds is 4. The Morgan fingerprint density at radius 3 is 2.66 bits per heavy atom. The van der Waals surface area contributed by atoms with Gasteiger partial charge in [-0.3, -0.25) is 14.4 Å². The Labute approximate surface area is 162 Å². The number of nitrogens with zero attached hydrogens (tertiary/aromatic N) is 2. The van der Waals surface area contributed by atoms with Crippen LogP contribution in [-0.4, -0.2) is 30.8 Å². The third-order valence-electron chi connectivity index (χ3n) is 4.89. The van der Waals surface area contributed by atoms with Gasteiger partial charge in [-0.1, -0.05) is 12.1 Å². The summed E-state index contributed by atoms with van der Waals surface area (Å²) in [6, 6.07) is 9.68. The van der Waals surface area contributed by atoms with E-state index in [1.165, 1.54) is 18.2 Å². The number of anilines is 1. The molecular weight excluding hydrogens is 376 g/mol. The molecule has 0 bridgehead atoms. The van der Waals surface area contributed by atoms with Crippen molar-refractivity contribution in [3.8, 4) is 0 Å². The molecule has 0 aliphatic rings. The highest BCUT2D eigenvalue weighted by atomic mass is 16.4. The van der Waals surface area contributed by atoms with Crippen molar-refractivity contribution < 1.29 is 14.7 Å². The van der Waals surface area contributed by atoms with Gasteiger partial charge in [0.2, 0.25) is 5.78 Å². The number of nitrogen functional groups attached to an aromatic ring is 1. The lowest BCUT2D eigenvalue weighted by atomic mass is 10.0. The molecule has 4 N–H and O–H groups in total. The Balaban J connectivity index is 1.89. The van der Waals surface area contributed by atoms with E-state index in [2.05, 4.69) is 4.98 Å². The van der Waals surface area contributed by atoms with E-state index in [-0.39, 0.29) is 22.2 Å². The Bertz CT molecular complexity index is 1440. The number of carboxylic acid groups (broad SMARTS) is 1. The number of aromatic amines is 1. The largest absolute Gasteiger partial charge is 0.480 e. The summed E-state index contributed by atoms with van der Waals surface area (Å²) in [5.41, 5.74) is 7.17. The normalized spacial score (nSPS) is 11.2. The van der Waals surface area contributed by atoms with Crippen molar-refractivity contribution in [2.24, 2.45) is 0 Å². The van der Waals surface area contributed by atoms with E-state index in [1.54, 1.807) is 23.6 Å². The standard InChI is InChI=1S/C20H16N4O5/c1-10-16(21)14-4-2-3-7-23(14)17(10)18(27)11-5-6-12-13(8-11)22-20(29)24(19(12)28)9-15(25)26/h2-8H,9,21H2,1H3,(H,22,29)(H,25,26). The maximum atomic E-state index is 13.2. The van der Waals surface area contributed by atoms with Crippen LogP contribution in [0.15, 0.2) is 52.2 Å². The van der Waals surface area contributed by atoms with E-state index < -0.39 is 23.8 Å². The number of benzene rings is 1. The molecule has 0 atom stereocenters. The van der Waals surface area contributed by atoms with E-state index in [0.717, 1.165) is 0 Å². The van der Waals surface area contributed by atoms with Gasteiger partial charge in [0.25, 0.3) is 5.56 Å². The number of pyridine rings is 1. The topological polar surface area (TPSA) is 140 Å². The zero-order chi connectivity index (χ0) is 20.9. The molecule has 4 aromatic rings. The molecule has 0 spiro atoms. The molecule has 0 aliphatic carbocycles. The summed E-state index contributed by atoms with van der Waals surface area (Å²) in [4.78, 5) is 51.1. The van der Waals surface area contributed by atoms with Gasteiger partial charge in [0, 0.05) is 17.3 Å². The SMILES string of the molecule is Cc1c(N)c2ccccn2c1C(=O)c1ccc2c(=O)n(CC(=O)O)c(=O)[nH]c2c1. The van der Waals surface area contributed by atoms with Crippen LogP contribution in [0.5, 0.6) is 0 Å². The lowest BCUT2D eigenvalue weighted by Crippen LogP contribution is -2.37. The van der Waals surface area contributed by atoms with E-state index in [0.29, 0.717) is 27.0 Å². The molecule has 0 aliphatic heterocycles. The number of ketones is 1. The molecule has 0 saturated heterocycles. The molecule has 146 valence electrons. The monoisotopic (exact) mass is 392 g/mol. The van der Waals surface area contributed by atoms with E-state index in [1.807, 2.05) is 12.1 Å². The average molecular weight is 392 g/mol. The minimum atomic E-state index is -1.31. The molecule has 29 heavy (non-hydrogen) atoms. The summed E-state index contributed by atoms with van der Waals surface area (Å²) in [7, 11) is 0. The number of fused-ring (bicyclic) bond motifs is 2. The summed E-state index contributed by atoms with van der Waals surface area (Å²) in [5, 5.41) is 8.99. The van der Waals surface area contributed by atoms with Gasteiger partial charge in [0.15, 0.2) is 0 Å². The fourth-order valence-corrected chi connectivity index (χ4v) is 3.45. The first-order valence-corrected chi connectivity index (χ1v) is 8.68. The Morgan fingerprint density at radius 1 is 1.17 bits per heavy atom. The maximum absolute atomic E-state index is 13.2. The van der Waals surface area contributed by atoms with E-state index in [4.69, 9.17) is 10.8 Å². The first-order chi connectivity index (χ1) is 13.8. The van der Waals surface area contributed by atoms with Gasteiger partial charge >= 0.3 is 11.7 Å². The number of aromatic nitrogens is 3. The van der Waals surface area contributed by atoms with Gasteiger partial charge in [-0.25, -0.2) is 9.36 Å². The van der Waals surface area contributed by atoms with Crippen LogP contribution in [0.4, 0.5) is 5.69 Å². The van der Waals surface area contributed by atoms with Crippen molar-refractivity contribution >= 4 is 33.9 Å². The summed E-state index contributed by atoms with van der Waals surface area (Å²) in [6.45, 7) is 1.00. The number of carboxylic acids is 1. The van der Waals surface area contributed by atoms with Gasteiger partial charge in [-0.15, -0.1) is 0 Å². The first-order valence-electron chi connectivity index (χ1n) is 8.68. The molecule has 0 fully saturated rings. The average Bonchev–Trinajstić information content (AvgIpc) is 2.95. The maximum Gasteiger partial charge on any atom is 0.329 e. The third kappa shape index (κ3) is 2.80. The van der Waals surface area contributed by atoms with Gasteiger partial charge in [0.05, 0.1) is 27.8 Å². The van der Waals surface area contributed by atoms with Crippen LogP contribution in [0.1, 0.15) is 21.6 Å². The minimum absolute atomic E-state index is 0.110. The van der Waals surface area contributed by atoms with E-state index >= 15 is 0 Å². The molecule has 0 unspecified atom stereocenters. The van der Waals surface area contributed by atoms with Crippen LogP contribution in [0.2, 0.25) is 0 Å². The number of nitrogens with one attached hydrogen (secondary N) is 1. The lowest BCUT2D eigenvalue weighted by Gasteiger charge is -2.07. The van der Waals surface area contributed by atoms with Crippen LogP contribution < -0.4 is 17.0 Å². The Morgan fingerprint density at radius 2 is 1.93 bits per heavy atom. The summed E-state index contributed by atoms with van der Waals surface area (Å²) < 4.78 is 2.29. The van der Waals surface area contributed by atoms with Crippen LogP contribution in [0.25, 0.3) is 16.4 Å². The van der Waals surface area contributed by atoms with Crippen LogP contribution in [-0.2, 0) is 11.3 Å². The lowest BCUT2D eigenvalue weighted by molar-refractivity contribution is -0.137. The second-order valence-corrected chi connectivity index (χ2v) is 6.65. The molecule has 9 heteroatoms. The quantitative estimate of drug-likeness (QED) is 0.445. The van der Waals surface area contributed by atoms with Crippen LogP contribution in [0.3, 0.4) is 0 Å². The number of carbonyl (C=O) groups excluding carboxylic acids is 1. The second kappa shape index (κ2) is 6.48. The smallest absolute Gasteiger partial charge is 0.329 e. The highest BCUT2D eigenvalue weighted by Crippen LogP contribution is 2.27. The van der Waals surface area contributed by atoms with Gasteiger partial charge in [-0.2, -0.15) is 0 Å². The molecule has 3 aromatic heterocycles. The number of H-pyrrole nitrogens is 1. The highest BCUT2D eigenvalue weighted by molar-refractivity contribution is 6.12. The molecule has 3 heterocycles. The fourth-order valence-electron chi connectivity index (χ4n) is 3.45. The van der Waals surface area contributed by atoms with Gasteiger partial charge in [-0.05, 0) is 31.2 Å². The van der Waals surface area contributed by atoms with Gasteiger partial charge in [0.1, 0.15) is 6.54 Å². The predicted octanol–water partition coefficient (Wildman–Crippen LogP) is 1.15. The Kier molecular flexibility index (Phi) is 4.08. The van der Waals surface area contributed by atoms with E-state index in [9.17, 15) is 19.2 Å². The van der Waals surface area contributed by atoms with Crippen molar-refractivity contribution in [2.45, 2.75) is 13.5 Å². The van der Waals surface area contributed by atoms with Crippen molar-refractivity contribution in [3.63, 3.8) is 0 Å². The zero-order valence-electron chi connectivity index (χ0n) is 15.3. The molecule has 0 saturated carbocycles. The van der Waals surface area contributed by atoms with Crippen molar-refractivity contribution in [3.05, 3.63) is 80.3 Å². The first kappa shape index (κ1) is 18.2. The minimum Gasteiger partial charge on any atom is -0.480 e. The molecular formula is C20H16N4O5. The molecule has 4 rings (SSSR count). The number of hydrogen-bond acceptors (Lipinski definition) is 5. The fraction of sp³-hybridized carbons (Fsp3) is 0.100. The predicted molar refractivity (Wildman–Crippen MR) is 106 cm³/mol.